The molecule has 0 spiro atoms. The van der Waals surface area contributed by atoms with E-state index in [2.05, 4.69) is 0 Å². The quantitative estimate of drug-likeness (QED) is 0.698. The van der Waals surface area contributed by atoms with E-state index in [0.29, 0.717) is 17.1 Å². The van der Waals surface area contributed by atoms with E-state index < -0.39 is 18.1 Å². The van der Waals surface area contributed by atoms with Gasteiger partial charge in [0.2, 0.25) is 6.29 Å². The summed E-state index contributed by atoms with van der Waals surface area (Å²) in [6.45, 7) is 1.74. The third-order valence-corrected chi connectivity index (χ3v) is 2.52. The van der Waals surface area contributed by atoms with Crippen molar-refractivity contribution in [3.63, 3.8) is 0 Å². The lowest BCUT2D eigenvalue weighted by Crippen LogP contribution is -2.36. The van der Waals surface area contributed by atoms with Crippen LogP contribution in [0.25, 0.3) is 0 Å². The molecule has 0 amide bonds. The number of hydrogen-bond acceptors (Lipinski definition) is 5. The highest BCUT2D eigenvalue weighted by Gasteiger charge is 2.26. The molecule has 1 aromatic carbocycles. The molecule has 0 radical (unpaired) electrons. The van der Waals surface area contributed by atoms with Crippen molar-refractivity contribution in [3.05, 3.63) is 23.8 Å². The van der Waals surface area contributed by atoms with Gasteiger partial charge in [-0.2, -0.15) is 0 Å². The Morgan fingerprint density at radius 3 is 2.71 bits per heavy atom. The summed E-state index contributed by atoms with van der Waals surface area (Å²) in [6, 6.07) is 3.35. The molecule has 17 heavy (non-hydrogen) atoms. The fourth-order valence-corrected chi connectivity index (χ4v) is 1.62. The van der Waals surface area contributed by atoms with Gasteiger partial charge in [0.1, 0.15) is 12.1 Å². The zero-order chi connectivity index (χ0) is 12.6. The first-order valence-corrected chi connectivity index (χ1v) is 5.12. The van der Waals surface area contributed by atoms with E-state index in [1.807, 2.05) is 0 Å². The molecule has 1 aliphatic heterocycles. The highest BCUT2D eigenvalue weighted by atomic mass is 16.7. The van der Waals surface area contributed by atoms with Crippen molar-refractivity contribution in [1.82, 2.24) is 0 Å². The second-order valence-corrected chi connectivity index (χ2v) is 3.82. The number of aliphatic carboxylic acids is 1. The Labute approximate surface area is 97.6 Å². The third kappa shape index (κ3) is 2.17. The summed E-state index contributed by atoms with van der Waals surface area (Å²) < 4.78 is 10.6. The number of ether oxygens (including phenoxy) is 2. The first kappa shape index (κ1) is 11.7. The highest BCUT2D eigenvalue weighted by molar-refractivity contribution is 5.74. The lowest BCUT2D eigenvalue weighted by atomic mass is 10.0. The largest absolute Gasteiger partial charge is 0.480 e. The number of carboxylic acids is 1. The zero-order valence-electron chi connectivity index (χ0n) is 9.16. The highest BCUT2D eigenvalue weighted by Crippen LogP contribution is 2.36. The molecule has 0 bridgehead atoms. The van der Waals surface area contributed by atoms with Gasteiger partial charge in [0.05, 0.1) is 0 Å². The Morgan fingerprint density at radius 2 is 2.06 bits per heavy atom. The van der Waals surface area contributed by atoms with E-state index in [1.165, 1.54) is 6.07 Å². The van der Waals surface area contributed by atoms with Crippen LogP contribution >= 0.6 is 0 Å². The third-order valence-electron chi connectivity index (χ3n) is 2.52. The second kappa shape index (κ2) is 4.23. The minimum atomic E-state index is -1.37. The van der Waals surface area contributed by atoms with E-state index in [-0.39, 0.29) is 6.29 Å². The van der Waals surface area contributed by atoms with E-state index in [4.69, 9.17) is 20.3 Å². The van der Waals surface area contributed by atoms with Gasteiger partial charge in [0, 0.05) is 6.92 Å². The minimum Gasteiger partial charge on any atom is -0.480 e. The zero-order valence-corrected chi connectivity index (χ0v) is 9.16. The number of fused-ring (bicyclic) bond motifs is 1. The summed E-state index contributed by atoms with van der Waals surface area (Å²) in [4.78, 5) is 10.7. The first-order valence-electron chi connectivity index (χ1n) is 5.12. The van der Waals surface area contributed by atoms with E-state index in [9.17, 15) is 9.90 Å². The molecule has 0 saturated heterocycles. The average Bonchev–Trinajstić information content (AvgIpc) is 2.65. The maximum Gasteiger partial charge on any atom is 0.323 e. The molecule has 6 heteroatoms. The molecule has 1 aromatic rings. The molecule has 92 valence electrons. The van der Waals surface area contributed by atoms with E-state index in [1.54, 1.807) is 19.1 Å². The molecule has 6 nitrogen and oxygen atoms in total. The van der Waals surface area contributed by atoms with Crippen molar-refractivity contribution >= 4 is 5.97 Å². The SMILES string of the molecule is C[C@@H]1Oc2ccc(C(O)C(N)C(=O)O)cc2O1. The fraction of sp³-hybridized carbons (Fsp3) is 0.364. The Hall–Kier alpha value is -1.79. The van der Waals surface area contributed by atoms with Crippen LogP contribution in [0.5, 0.6) is 11.5 Å². The van der Waals surface area contributed by atoms with Crippen molar-refractivity contribution in [2.24, 2.45) is 5.73 Å². The molecular weight excluding hydrogens is 226 g/mol. The van der Waals surface area contributed by atoms with Gasteiger partial charge in [0.15, 0.2) is 11.5 Å². The lowest BCUT2D eigenvalue weighted by Gasteiger charge is -2.15. The normalized spacial score (nSPS) is 21.0. The van der Waals surface area contributed by atoms with Gasteiger partial charge in [-0.1, -0.05) is 6.07 Å². The van der Waals surface area contributed by atoms with Crippen LogP contribution in [0.3, 0.4) is 0 Å². The maximum atomic E-state index is 10.7. The van der Waals surface area contributed by atoms with Crippen LogP contribution in [0, 0.1) is 0 Å². The van der Waals surface area contributed by atoms with Gasteiger partial charge in [-0.3, -0.25) is 4.79 Å². The summed E-state index contributed by atoms with van der Waals surface area (Å²) in [6.07, 6.45) is -1.66. The molecule has 2 unspecified atom stereocenters. The minimum absolute atomic E-state index is 0.384. The van der Waals surface area contributed by atoms with Gasteiger partial charge in [0.25, 0.3) is 0 Å². The average molecular weight is 239 g/mol. The van der Waals surface area contributed by atoms with Crippen LogP contribution in [0.4, 0.5) is 0 Å². The molecule has 1 aliphatic rings. The Kier molecular flexibility index (Phi) is 2.91. The van der Waals surface area contributed by atoms with Gasteiger partial charge < -0.3 is 25.4 Å². The smallest absolute Gasteiger partial charge is 0.323 e. The van der Waals surface area contributed by atoms with Gasteiger partial charge in [-0.05, 0) is 17.7 Å². The predicted molar refractivity (Wildman–Crippen MR) is 57.7 cm³/mol. The van der Waals surface area contributed by atoms with E-state index in [0.717, 1.165) is 0 Å². The van der Waals surface area contributed by atoms with Crippen LogP contribution in [-0.2, 0) is 4.79 Å². The second-order valence-electron chi connectivity index (χ2n) is 3.82. The molecule has 0 aromatic heterocycles. The van der Waals surface area contributed by atoms with Crippen molar-refractivity contribution in [2.75, 3.05) is 0 Å². The Balaban J connectivity index is 2.24. The molecular formula is C11H13NO5. The number of carboxylic acid groups (broad SMARTS) is 1. The van der Waals surface area contributed by atoms with Crippen LogP contribution in [-0.4, -0.2) is 28.5 Å². The number of hydrogen-bond donors (Lipinski definition) is 3. The number of rotatable bonds is 3. The summed E-state index contributed by atoms with van der Waals surface area (Å²) in [5, 5.41) is 18.5. The van der Waals surface area contributed by atoms with Crippen LogP contribution in [0.2, 0.25) is 0 Å². The first-order chi connectivity index (χ1) is 7.99. The Bertz CT molecular complexity index is 447. The molecule has 4 N–H and O–H groups in total. The molecule has 3 atom stereocenters. The summed E-state index contributed by atoms with van der Waals surface area (Å²) >= 11 is 0. The monoisotopic (exact) mass is 239 g/mol. The number of aliphatic hydroxyl groups is 1. The van der Waals surface area contributed by atoms with Crippen LogP contribution in [0.15, 0.2) is 18.2 Å². The summed E-state index contributed by atoms with van der Waals surface area (Å²) in [5.74, 6) is -0.215. The standard InChI is InChI=1S/C11H13NO5/c1-5-16-7-3-2-6(4-8(7)17-5)10(13)9(12)11(14)15/h2-5,9-10,13H,12H2,1H3,(H,14,15)/t5-,9?,10?/m1/s1. The summed E-state index contributed by atoms with van der Waals surface area (Å²) in [7, 11) is 0. The summed E-state index contributed by atoms with van der Waals surface area (Å²) in [5.41, 5.74) is 5.73. The van der Waals surface area contributed by atoms with Crippen LogP contribution < -0.4 is 15.2 Å². The Morgan fingerprint density at radius 1 is 1.41 bits per heavy atom. The number of carbonyl (C=O) groups is 1. The number of nitrogens with two attached hydrogens (primary N) is 1. The van der Waals surface area contributed by atoms with Gasteiger partial charge >= 0.3 is 5.97 Å². The number of benzene rings is 1. The van der Waals surface area contributed by atoms with Gasteiger partial charge in [-0.25, -0.2) is 0 Å². The van der Waals surface area contributed by atoms with Crippen molar-refractivity contribution in [2.45, 2.75) is 25.4 Å². The fourth-order valence-electron chi connectivity index (χ4n) is 1.62. The molecule has 0 aliphatic carbocycles. The van der Waals surface area contributed by atoms with Crippen LogP contribution in [0.1, 0.15) is 18.6 Å². The predicted octanol–water partition coefficient (Wildman–Crippen LogP) is 0.249. The molecule has 1 heterocycles. The maximum absolute atomic E-state index is 10.7. The molecule has 2 rings (SSSR count). The van der Waals surface area contributed by atoms with Gasteiger partial charge in [-0.15, -0.1) is 0 Å². The van der Waals surface area contributed by atoms with Crippen molar-refractivity contribution in [1.29, 1.82) is 0 Å². The molecule has 0 saturated carbocycles. The lowest BCUT2D eigenvalue weighted by molar-refractivity contribution is -0.141. The van der Waals surface area contributed by atoms with E-state index >= 15 is 0 Å². The van der Waals surface area contributed by atoms with Crippen molar-refractivity contribution in [3.8, 4) is 11.5 Å². The number of aliphatic hydroxyl groups excluding tert-OH is 1. The van der Waals surface area contributed by atoms with Crippen molar-refractivity contribution < 1.29 is 24.5 Å². The topological polar surface area (TPSA) is 102 Å². The molecule has 0 fully saturated rings.